The third kappa shape index (κ3) is 3.21. The fraction of sp³-hybridized carbons (Fsp3) is 0.727. The van der Waals surface area contributed by atoms with Crippen LogP contribution in [0.25, 0.3) is 0 Å². The van der Waals surface area contributed by atoms with Crippen molar-refractivity contribution in [3.05, 3.63) is 12.2 Å². The second-order valence-corrected chi connectivity index (χ2v) is 3.83. The first-order valence-corrected chi connectivity index (χ1v) is 5.06. The van der Waals surface area contributed by atoms with Gasteiger partial charge < -0.3 is 4.74 Å². The van der Waals surface area contributed by atoms with Crippen molar-refractivity contribution in [3.63, 3.8) is 0 Å². The van der Waals surface area contributed by atoms with E-state index >= 15 is 0 Å². The number of carbonyl (C=O) groups excluding carboxylic acids is 1. The van der Waals surface area contributed by atoms with Crippen LogP contribution in [-0.4, -0.2) is 11.6 Å². The second-order valence-electron chi connectivity index (χ2n) is 3.83. The normalized spacial score (nSPS) is 28.3. The molecule has 0 radical (unpaired) electrons. The molecule has 0 spiro atoms. The zero-order chi connectivity index (χ0) is 9.73. The van der Waals surface area contributed by atoms with Crippen LogP contribution < -0.4 is 0 Å². The first-order chi connectivity index (χ1) is 6.16. The molecule has 1 rings (SSSR count). The van der Waals surface area contributed by atoms with Crippen LogP contribution in [0.15, 0.2) is 12.2 Å². The summed E-state index contributed by atoms with van der Waals surface area (Å²) in [4.78, 5) is 10.9. The molecule has 0 bridgehead atoms. The highest BCUT2D eigenvalue weighted by Crippen LogP contribution is 2.27. The Hall–Kier alpha value is -0.790. The van der Waals surface area contributed by atoms with Gasteiger partial charge in [-0.05, 0) is 19.4 Å². The average Bonchev–Trinajstić information content (AvgIpc) is 2.41. The fourth-order valence-corrected chi connectivity index (χ4v) is 1.48. The van der Waals surface area contributed by atoms with E-state index in [1.54, 1.807) is 0 Å². The number of esters is 1. The molecule has 0 amide bonds. The second kappa shape index (κ2) is 4.45. The molecule has 1 aliphatic heterocycles. The highest BCUT2D eigenvalue weighted by molar-refractivity contribution is 5.72. The van der Waals surface area contributed by atoms with E-state index < -0.39 is 0 Å². The minimum absolute atomic E-state index is 0.0670. The molecule has 74 valence electrons. The lowest BCUT2D eigenvalue weighted by atomic mass is 10.0. The molecule has 0 aromatic heterocycles. The zero-order valence-corrected chi connectivity index (χ0v) is 8.51. The highest BCUT2D eigenvalue weighted by Gasteiger charge is 2.32. The largest absolute Gasteiger partial charge is 0.455 e. The van der Waals surface area contributed by atoms with Crippen molar-refractivity contribution in [2.24, 2.45) is 0 Å². The maximum atomic E-state index is 10.9. The molecule has 0 N–H and O–H groups in total. The predicted octanol–water partition coefficient (Wildman–Crippen LogP) is 2.83. The molecule has 1 fully saturated rings. The lowest BCUT2D eigenvalue weighted by molar-refractivity contribution is -0.144. The standard InChI is InChI=1S/C11H18O2/c1-3-4-5-6-8-11(2)9-7-10(12)13-11/h6,8H,3-5,7,9H2,1-2H3/b8-6+. The van der Waals surface area contributed by atoms with Crippen molar-refractivity contribution in [1.29, 1.82) is 0 Å². The summed E-state index contributed by atoms with van der Waals surface area (Å²) in [6.07, 6.45) is 9.06. The van der Waals surface area contributed by atoms with Crippen LogP contribution >= 0.6 is 0 Å². The Kier molecular flexibility index (Phi) is 3.52. The van der Waals surface area contributed by atoms with E-state index in [1.807, 2.05) is 13.0 Å². The number of hydrogen-bond donors (Lipinski definition) is 0. The van der Waals surface area contributed by atoms with Crippen molar-refractivity contribution in [1.82, 2.24) is 0 Å². The molecule has 1 saturated heterocycles. The maximum absolute atomic E-state index is 10.9. The summed E-state index contributed by atoms with van der Waals surface area (Å²) in [7, 11) is 0. The van der Waals surface area contributed by atoms with Gasteiger partial charge in [0, 0.05) is 12.8 Å². The first-order valence-electron chi connectivity index (χ1n) is 5.06. The van der Waals surface area contributed by atoms with E-state index in [0.29, 0.717) is 6.42 Å². The van der Waals surface area contributed by atoms with E-state index in [-0.39, 0.29) is 11.6 Å². The van der Waals surface area contributed by atoms with Gasteiger partial charge in [-0.15, -0.1) is 0 Å². The van der Waals surface area contributed by atoms with E-state index in [2.05, 4.69) is 13.0 Å². The number of allylic oxidation sites excluding steroid dienone is 1. The van der Waals surface area contributed by atoms with Gasteiger partial charge in [0.1, 0.15) is 5.60 Å². The van der Waals surface area contributed by atoms with E-state index in [0.717, 1.165) is 12.8 Å². The van der Waals surface area contributed by atoms with Gasteiger partial charge in [-0.1, -0.05) is 25.8 Å². The molecule has 2 nitrogen and oxygen atoms in total. The van der Waals surface area contributed by atoms with Gasteiger partial charge in [-0.3, -0.25) is 4.79 Å². The number of rotatable bonds is 4. The summed E-state index contributed by atoms with van der Waals surface area (Å²) < 4.78 is 5.20. The molecule has 2 heteroatoms. The third-order valence-electron chi connectivity index (χ3n) is 2.37. The molecule has 1 unspecified atom stereocenters. The van der Waals surface area contributed by atoms with Crippen LogP contribution in [0.5, 0.6) is 0 Å². The summed E-state index contributed by atoms with van der Waals surface area (Å²) >= 11 is 0. The van der Waals surface area contributed by atoms with Gasteiger partial charge >= 0.3 is 5.97 Å². The topological polar surface area (TPSA) is 26.3 Å². The van der Waals surface area contributed by atoms with Crippen molar-refractivity contribution in [2.75, 3.05) is 0 Å². The number of unbranched alkanes of at least 4 members (excludes halogenated alkanes) is 2. The number of ether oxygens (including phenoxy) is 1. The van der Waals surface area contributed by atoms with Crippen molar-refractivity contribution in [3.8, 4) is 0 Å². The summed E-state index contributed by atoms with van der Waals surface area (Å²) in [6.45, 7) is 4.14. The monoisotopic (exact) mass is 182 g/mol. The third-order valence-corrected chi connectivity index (χ3v) is 2.37. The molecule has 1 atom stereocenters. The molecule has 0 aromatic carbocycles. The number of cyclic esters (lactones) is 1. The fourth-order valence-electron chi connectivity index (χ4n) is 1.48. The average molecular weight is 182 g/mol. The molecule has 0 aromatic rings. The van der Waals surface area contributed by atoms with E-state index in [4.69, 9.17) is 4.74 Å². The van der Waals surface area contributed by atoms with E-state index in [1.165, 1.54) is 12.8 Å². The minimum Gasteiger partial charge on any atom is -0.455 e. The van der Waals surface area contributed by atoms with Gasteiger partial charge in [0.05, 0.1) is 0 Å². The molecule has 1 heterocycles. The Labute approximate surface area is 80.0 Å². The van der Waals surface area contributed by atoms with Crippen molar-refractivity contribution < 1.29 is 9.53 Å². The molecular formula is C11H18O2. The quantitative estimate of drug-likeness (QED) is 0.379. The zero-order valence-electron chi connectivity index (χ0n) is 8.51. The summed E-state index contributed by atoms with van der Waals surface area (Å²) in [5.74, 6) is -0.0670. The van der Waals surface area contributed by atoms with Crippen LogP contribution in [0.3, 0.4) is 0 Å². The molecule has 0 aliphatic carbocycles. The van der Waals surface area contributed by atoms with Gasteiger partial charge in [0.15, 0.2) is 0 Å². The number of carbonyl (C=O) groups is 1. The SMILES string of the molecule is CCCC/C=C/C1(C)CCC(=O)O1. The van der Waals surface area contributed by atoms with Crippen LogP contribution in [0.4, 0.5) is 0 Å². The minimum atomic E-state index is -0.315. The predicted molar refractivity (Wildman–Crippen MR) is 52.4 cm³/mol. The first kappa shape index (κ1) is 10.3. The molecule has 1 aliphatic rings. The Balaban J connectivity index is 2.34. The molecule has 0 saturated carbocycles. The molecular weight excluding hydrogens is 164 g/mol. The Morgan fingerprint density at radius 1 is 1.62 bits per heavy atom. The summed E-state index contributed by atoms with van der Waals surface area (Å²) in [6, 6.07) is 0. The van der Waals surface area contributed by atoms with Crippen LogP contribution in [0.1, 0.15) is 46.0 Å². The van der Waals surface area contributed by atoms with Gasteiger partial charge in [0.25, 0.3) is 0 Å². The maximum Gasteiger partial charge on any atom is 0.306 e. The molecule has 13 heavy (non-hydrogen) atoms. The van der Waals surface area contributed by atoms with Gasteiger partial charge in [0.2, 0.25) is 0 Å². The lowest BCUT2D eigenvalue weighted by Gasteiger charge is -2.17. The van der Waals surface area contributed by atoms with Gasteiger partial charge in [-0.2, -0.15) is 0 Å². The summed E-state index contributed by atoms with van der Waals surface area (Å²) in [5.41, 5.74) is -0.315. The Bertz CT molecular complexity index is 208. The summed E-state index contributed by atoms with van der Waals surface area (Å²) in [5, 5.41) is 0. The van der Waals surface area contributed by atoms with Crippen LogP contribution in [0, 0.1) is 0 Å². The van der Waals surface area contributed by atoms with Crippen LogP contribution in [-0.2, 0) is 9.53 Å². The van der Waals surface area contributed by atoms with Crippen LogP contribution in [0.2, 0.25) is 0 Å². The lowest BCUT2D eigenvalue weighted by Crippen LogP contribution is -2.20. The van der Waals surface area contributed by atoms with Crippen molar-refractivity contribution in [2.45, 2.75) is 51.6 Å². The Morgan fingerprint density at radius 3 is 2.92 bits per heavy atom. The van der Waals surface area contributed by atoms with Gasteiger partial charge in [-0.25, -0.2) is 0 Å². The van der Waals surface area contributed by atoms with E-state index in [9.17, 15) is 4.79 Å². The van der Waals surface area contributed by atoms with Crippen molar-refractivity contribution >= 4 is 5.97 Å². The smallest absolute Gasteiger partial charge is 0.306 e. The number of hydrogen-bond acceptors (Lipinski definition) is 2. The highest BCUT2D eigenvalue weighted by atomic mass is 16.6. The Morgan fingerprint density at radius 2 is 2.38 bits per heavy atom.